The predicted molar refractivity (Wildman–Crippen MR) is 101 cm³/mol. The lowest BCUT2D eigenvalue weighted by atomic mass is 9.99. The Morgan fingerprint density at radius 1 is 1.21 bits per heavy atom. The summed E-state index contributed by atoms with van der Waals surface area (Å²) in [7, 11) is 0. The van der Waals surface area contributed by atoms with Gasteiger partial charge in [0.05, 0.1) is 17.9 Å². The smallest absolute Gasteiger partial charge is 0.241 e. The molecule has 2 atom stereocenters. The largest absolute Gasteiger partial charge is 0.439 e. The first kappa shape index (κ1) is 22.2. The molecule has 1 aromatic heterocycles. The molecule has 24 heavy (non-hydrogen) atoms. The number of aromatic nitrogens is 1. The van der Waals surface area contributed by atoms with Crippen molar-refractivity contribution >= 4 is 36.4 Å². The lowest BCUT2D eigenvalue weighted by molar-refractivity contribution is -0.118. The van der Waals surface area contributed by atoms with Gasteiger partial charge in [0.1, 0.15) is 5.75 Å². The number of carbonyl (C=O) groups is 1. The number of rotatable bonds is 6. The summed E-state index contributed by atoms with van der Waals surface area (Å²) in [6.07, 6.45) is 2.41. The zero-order valence-electron chi connectivity index (χ0n) is 13.6. The van der Waals surface area contributed by atoms with Crippen LogP contribution in [-0.4, -0.2) is 16.9 Å². The highest BCUT2D eigenvalue weighted by Crippen LogP contribution is 2.20. The number of nitrogens with one attached hydrogen (secondary N) is 1. The fourth-order valence-corrected chi connectivity index (χ4v) is 1.86. The molecule has 132 valence electrons. The zero-order chi connectivity index (χ0) is 15.9. The molecule has 2 rings (SSSR count). The Bertz CT molecular complexity index is 609. The minimum atomic E-state index is -0.523. The number of amides is 1. The van der Waals surface area contributed by atoms with E-state index in [1.807, 2.05) is 44.2 Å². The first-order valence-corrected chi connectivity index (χ1v) is 7.35. The standard InChI is InChI=1S/C17H21N3O2.2ClH/c1-3-12(2)16(18)17(21)20-13-9-10-15(19-11-13)22-14-7-5-4-6-8-14;;/h4-12,16H,3,18H2,1-2H3,(H,20,21);2*1H. The SMILES string of the molecule is CCC(C)C(N)C(=O)Nc1ccc(Oc2ccccc2)nc1.Cl.Cl. The monoisotopic (exact) mass is 371 g/mol. The molecule has 1 amide bonds. The molecule has 0 aliphatic carbocycles. The maximum atomic E-state index is 12.0. The van der Waals surface area contributed by atoms with Gasteiger partial charge in [-0.05, 0) is 24.1 Å². The van der Waals surface area contributed by atoms with Gasteiger partial charge in [0.15, 0.2) is 0 Å². The minimum absolute atomic E-state index is 0. The summed E-state index contributed by atoms with van der Waals surface area (Å²) >= 11 is 0. The molecule has 7 heteroatoms. The van der Waals surface area contributed by atoms with E-state index in [9.17, 15) is 4.79 Å². The van der Waals surface area contributed by atoms with Crippen molar-refractivity contribution in [3.8, 4) is 11.6 Å². The number of para-hydroxylation sites is 1. The fraction of sp³-hybridized carbons (Fsp3) is 0.294. The normalized spacial score (nSPS) is 12.1. The molecule has 2 unspecified atom stereocenters. The van der Waals surface area contributed by atoms with Gasteiger partial charge in [0.2, 0.25) is 11.8 Å². The van der Waals surface area contributed by atoms with Crippen LogP contribution >= 0.6 is 24.8 Å². The van der Waals surface area contributed by atoms with Crippen molar-refractivity contribution in [1.82, 2.24) is 4.98 Å². The number of carbonyl (C=O) groups excluding carboxylic acids is 1. The maximum absolute atomic E-state index is 12.0. The van der Waals surface area contributed by atoms with Crippen molar-refractivity contribution in [2.24, 2.45) is 11.7 Å². The molecular formula is C17H23Cl2N3O2. The van der Waals surface area contributed by atoms with E-state index in [-0.39, 0.29) is 36.6 Å². The lowest BCUT2D eigenvalue weighted by Gasteiger charge is -2.17. The van der Waals surface area contributed by atoms with Gasteiger partial charge in [-0.25, -0.2) is 4.98 Å². The van der Waals surface area contributed by atoms with E-state index in [1.54, 1.807) is 18.3 Å². The summed E-state index contributed by atoms with van der Waals surface area (Å²) < 4.78 is 5.59. The second-order valence-corrected chi connectivity index (χ2v) is 5.20. The van der Waals surface area contributed by atoms with Crippen LogP contribution in [-0.2, 0) is 4.79 Å². The number of anilines is 1. The molecule has 0 bridgehead atoms. The minimum Gasteiger partial charge on any atom is -0.439 e. The van der Waals surface area contributed by atoms with E-state index in [0.717, 1.165) is 6.42 Å². The van der Waals surface area contributed by atoms with Gasteiger partial charge in [-0.15, -0.1) is 24.8 Å². The Balaban J connectivity index is 0.00000264. The van der Waals surface area contributed by atoms with Gasteiger partial charge < -0.3 is 15.8 Å². The van der Waals surface area contributed by atoms with Crippen LogP contribution in [0.3, 0.4) is 0 Å². The van der Waals surface area contributed by atoms with Gasteiger partial charge in [-0.3, -0.25) is 4.79 Å². The number of halogens is 2. The number of nitrogens with two attached hydrogens (primary N) is 1. The van der Waals surface area contributed by atoms with E-state index < -0.39 is 6.04 Å². The van der Waals surface area contributed by atoms with Crippen LogP contribution in [0.5, 0.6) is 11.6 Å². The summed E-state index contributed by atoms with van der Waals surface area (Å²) in [5.74, 6) is 1.11. The molecule has 0 saturated carbocycles. The molecule has 1 heterocycles. The van der Waals surface area contributed by atoms with Crippen LogP contribution < -0.4 is 15.8 Å². The molecule has 0 saturated heterocycles. The molecule has 0 aliphatic rings. The van der Waals surface area contributed by atoms with Crippen molar-refractivity contribution in [3.05, 3.63) is 48.7 Å². The van der Waals surface area contributed by atoms with Crippen molar-refractivity contribution in [2.75, 3.05) is 5.32 Å². The number of ether oxygens (including phenoxy) is 1. The predicted octanol–water partition coefficient (Wildman–Crippen LogP) is 4.03. The molecule has 3 N–H and O–H groups in total. The second-order valence-electron chi connectivity index (χ2n) is 5.20. The highest BCUT2D eigenvalue weighted by molar-refractivity contribution is 5.94. The third-order valence-corrected chi connectivity index (χ3v) is 3.53. The van der Waals surface area contributed by atoms with E-state index in [1.165, 1.54) is 0 Å². The van der Waals surface area contributed by atoms with Gasteiger partial charge in [-0.1, -0.05) is 38.5 Å². The molecule has 2 aromatic rings. The van der Waals surface area contributed by atoms with Crippen LogP contribution in [0.2, 0.25) is 0 Å². The van der Waals surface area contributed by atoms with Crippen LogP contribution in [0.4, 0.5) is 5.69 Å². The Morgan fingerprint density at radius 2 is 1.88 bits per heavy atom. The van der Waals surface area contributed by atoms with Crippen LogP contribution in [0.1, 0.15) is 20.3 Å². The van der Waals surface area contributed by atoms with Gasteiger partial charge in [0.25, 0.3) is 0 Å². The summed E-state index contributed by atoms with van der Waals surface area (Å²) in [4.78, 5) is 16.2. The summed E-state index contributed by atoms with van der Waals surface area (Å²) in [5, 5.41) is 2.77. The first-order valence-electron chi connectivity index (χ1n) is 7.35. The maximum Gasteiger partial charge on any atom is 0.241 e. The first-order chi connectivity index (χ1) is 10.6. The average Bonchev–Trinajstić information content (AvgIpc) is 2.56. The third kappa shape index (κ3) is 6.35. The number of hydrogen-bond acceptors (Lipinski definition) is 4. The molecule has 0 aliphatic heterocycles. The summed E-state index contributed by atoms with van der Waals surface area (Å²) in [6, 6.07) is 12.3. The highest BCUT2D eigenvalue weighted by atomic mass is 35.5. The molecule has 0 spiro atoms. The number of benzene rings is 1. The topological polar surface area (TPSA) is 77.2 Å². The van der Waals surface area contributed by atoms with Gasteiger partial charge in [-0.2, -0.15) is 0 Å². The third-order valence-electron chi connectivity index (χ3n) is 3.53. The van der Waals surface area contributed by atoms with Crippen molar-refractivity contribution < 1.29 is 9.53 Å². The Hall–Kier alpha value is -1.82. The van der Waals surface area contributed by atoms with Crippen molar-refractivity contribution in [3.63, 3.8) is 0 Å². The van der Waals surface area contributed by atoms with E-state index in [4.69, 9.17) is 10.5 Å². The Labute approximate surface area is 154 Å². The molecule has 0 radical (unpaired) electrons. The van der Waals surface area contributed by atoms with Gasteiger partial charge >= 0.3 is 0 Å². The fourth-order valence-electron chi connectivity index (χ4n) is 1.86. The molecule has 5 nitrogen and oxygen atoms in total. The second kappa shape index (κ2) is 10.9. The lowest BCUT2D eigenvalue weighted by Crippen LogP contribution is -2.40. The molecule has 1 aromatic carbocycles. The zero-order valence-corrected chi connectivity index (χ0v) is 15.3. The Kier molecular flexibility index (Phi) is 10.0. The van der Waals surface area contributed by atoms with Crippen molar-refractivity contribution in [2.45, 2.75) is 26.3 Å². The number of nitrogens with zero attached hydrogens (tertiary/aromatic N) is 1. The number of hydrogen-bond donors (Lipinski definition) is 2. The Morgan fingerprint density at radius 3 is 2.42 bits per heavy atom. The molecule has 0 fully saturated rings. The van der Waals surface area contributed by atoms with E-state index >= 15 is 0 Å². The van der Waals surface area contributed by atoms with Gasteiger partial charge in [0, 0.05) is 6.07 Å². The van der Waals surface area contributed by atoms with Crippen LogP contribution in [0, 0.1) is 5.92 Å². The highest BCUT2D eigenvalue weighted by Gasteiger charge is 2.19. The number of pyridine rings is 1. The van der Waals surface area contributed by atoms with E-state index in [2.05, 4.69) is 10.3 Å². The van der Waals surface area contributed by atoms with Crippen molar-refractivity contribution in [1.29, 1.82) is 0 Å². The van der Waals surface area contributed by atoms with E-state index in [0.29, 0.717) is 17.3 Å². The molecular weight excluding hydrogens is 349 g/mol. The quantitative estimate of drug-likeness (QED) is 0.803. The summed E-state index contributed by atoms with van der Waals surface area (Å²) in [5.41, 5.74) is 6.50. The van der Waals surface area contributed by atoms with Crippen LogP contribution in [0.15, 0.2) is 48.7 Å². The average molecular weight is 372 g/mol. The summed E-state index contributed by atoms with van der Waals surface area (Å²) in [6.45, 7) is 3.97. The van der Waals surface area contributed by atoms with Crippen LogP contribution in [0.25, 0.3) is 0 Å².